The van der Waals surface area contributed by atoms with E-state index in [0.717, 1.165) is 10.9 Å². The van der Waals surface area contributed by atoms with Gasteiger partial charge >= 0.3 is 5.63 Å². The highest BCUT2D eigenvalue weighted by molar-refractivity contribution is 7.98. The average molecular weight is 452 g/mol. The molecule has 2 aromatic carbocycles. The monoisotopic (exact) mass is 451 g/mol. The highest BCUT2D eigenvalue weighted by Crippen LogP contribution is 2.28. The lowest BCUT2D eigenvalue weighted by atomic mass is 10.1. The van der Waals surface area contributed by atoms with Gasteiger partial charge < -0.3 is 14.1 Å². The van der Waals surface area contributed by atoms with Crippen LogP contribution in [0.1, 0.15) is 11.1 Å². The number of hydrogen-bond acceptors (Lipinski definition) is 7. The molecule has 0 aliphatic rings. The summed E-state index contributed by atoms with van der Waals surface area (Å²) in [7, 11) is 1.53. The molecule has 1 N–H and O–H groups in total. The second-order valence-corrected chi connectivity index (χ2v) is 7.86. The van der Waals surface area contributed by atoms with E-state index >= 15 is 0 Å². The standard InChI is InChI=1S/C22H14ClN3O4S/c1-29-15-6-7-16-13(8-19(27)30-18(16)9-15)11-31-22-25-20(17(10-24)21(28)26-22)12-2-4-14(23)5-3-12/h2-9H,11H2,1H3,(H,25,26,28). The second kappa shape index (κ2) is 8.68. The number of hydrogen-bond donors (Lipinski definition) is 1. The molecule has 154 valence electrons. The third-order valence-corrected chi connectivity index (χ3v) is 5.70. The van der Waals surface area contributed by atoms with Crippen LogP contribution in [0.2, 0.25) is 5.02 Å². The van der Waals surface area contributed by atoms with Gasteiger partial charge in [0, 0.05) is 33.9 Å². The highest BCUT2D eigenvalue weighted by Gasteiger charge is 2.15. The minimum atomic E-state index is -0.535. The number of nitriles is 1. The number of ether oxygens (including phenoxy) is 1. The Morgan fingerprint density at radius 3 is 2.68 bits per heavy atom. The minimum Gasteiger partial charge on any atom is -0.497 e. The van der Waals surface area contributed by atoms with E-state index in [9.17, 15) is 14.9 Å². The van der Waals surface area contributed by atoms with Gasteiger partial charge in [0.25, 0.3) is 5.56 Å². The maximum absolute atomic E-state index is 12.4. The summed E-state index contributed by atoms with van der Waals surface area (Å²) in [5.74, 6) is 0.926. The third kappa shape index (κ3) is 4.33. The van der Waals surface area contributed by atoms with Crippen molar-refractivity contribution >= 4 is 34.3 Å². The van der Waals surface area contributed by atoms with Gasteiger partial charge in [-0.05, 0) is 29.8 Å². The lowest BCUT2D eigenvalue weighted by Crippen LogP contribution is -2.14. The van der Waals surface area contributed by atoms with Crippen molar-refractivity contribution in [2.24, 2.45) is 0 Å². The molecular weight excluding hydrogens is 438 g/mol. The Morgan fingerprint density at radius 2 is 1.97 bits per heavy atom. The first-order chi connectivity index (χ1) is 15.0. The highest BCUT2D eigenvalue weighted by atomic mass is 35.5. The molecule has 0 fully saturated rings. The Hall–Kier alpha value is -3.54. The number of nitrogens with zero attached hydrogens (tertiary/aromatic N) is 2. The summed E-state index contributed by atoms with van der Waals surface area (Å²) >= 11 is 7.17. The Labute approximate surface area is 185 Å². The van der Waals surface area contributed by atoms with Crippen LogP contribution in [0, 0.1) is 11.3 Å². The number of rotatable bonds is 5. The normalized spacial score (nSPS) is 10.7. The number of H-pyrrole nitrogens is 1. The first-order valence-corrected chi connectivity index (χ1v) is 10.4. The van der Waals surface area contributed by atoms with Gasteiger partial charge in [0.2, 0.25) is 0 Å². The molecular formula is C22H14ClN3O4S. The molecule has 0 spiro atoms. The number of aromatic amines is 1. The minimum absolute atomic E-state index is 0.0791. The summed E-state index contributed by atoms with van der Waals surface area (Å²) in [5, 5.41) is 11.0. The fourth-order valence-corrected chi connectivity index (χ4v) is 4.02. The molecule has 0 bridgehead atoms. The average Bonchev–Trinajstić information content (AvgIpc) is 2.77. The van der Waals surface area contributed by atoms with Crippen molar-refractivity contribution in [1.82, 2.24) is 9.97 Å². The van der Waals surface area contributed by atoms with Crippen molar-refractivity contribution in [2.45, 2.75) is 10.9 Å². The molecule has 4 aromatic rings. The maximum atomic E-state index is 12.4. The molecule has 0 aliphatic heterocycles. The van der Waals surface area contributed by atoms with Gasteiger partial charge in [-0.3, -0.25) is 4.79 Å². The van der Waals surface area contributed by atoms with Crippen LogP contribution >= 0.6 is 23.4 Å². The van der Waals surface area contributed by atoms with Gasteiger partial charge in [-0.1, -0.05) is 35.5 Å². The van der Waals surface area contributed by atoms with Crippen LogP contribution in [0.4, 0.5) is 0 Å². The quantitative estimate of drug-likeness (QED) is 0.272. The van der Waals surface area contributed by atoms with Crippen LogP contribution in [-0.2, 0) is 5.75 Å². The Bertz CT molecular complexity index is 1440. The van der Waals surface area contributed by atoms with E-state index in [4.69, 9.17) is 20.8 Å². The van der Waals surface area contributed by atoms with Crippen molar-refractivity contribution in [2.75, 3.05) is 7.11 Å². The number of aromatic nitrogens is 2. The number of methoxy groups -OCH3 is 1. The van der Waals surface area contributed by atoms with E-state index in [1.165, 1.54) is 24.9 Å². The molecule has 0 radical (unpaired) electrons. The molecule has 0 unspecified atom stereocenters. The van der Waals surface area contributed by atoms with Crippen molar-refractivity contribution in [3.8, 4) is 23.1 Å². The number of nitrogens with one attached hydrogen (secondary N) is 1. The summed E-state index contributed by atoms with van der Waals surface area (Å²) in [4.78, 5) is 31.5. The molecule has 0 atom stereocenters. The van der Waals surface area contributed by atoms with Gasteiger partial charge in [-0.25, -0.2) is 9.78 Å². The molecule has 0 amide bonds. The first kappa shape index (κ1) is 20.7. The van der Waals surface area contributed by atoms with Crippen LogP contribution in [0.25, 0.3) is 22.2 Å². The van der Waals surface area contributed by atoms with Crippen molar-refractivity contribution in [1.29, 1.82) is 5.26 Å². The second-order valence-electron chi connectivity index (χ2n) is 6.45. The Morgan fingerprint density at radius 1 is 1.19 bits per heavy atom. The fraction of sp³-hybridized carbons (Fsp3) is 0.0909. The van der Waals surface area contributed by atoms with E-state index in [2.05, 4.69) is 9.97 Å². The van der Waals surface area contributed by atoms with E-state index < -0.39 is 11.2 Å². The van der Waals surface area contributed by atoms with E-state index in [1.807, 2.05) is 6.07 Å². The van der Waals surface area contributed by atoms with Crippen molar-refractivity contribution in [3.05, 3.63) is 85.5 Å². The zero-order chi connectivity index (χ0) is 22.0. The first-order valence-electron chi connectivity index (χ1n) is 9.02. The number of fused-ring (bicyclic) bond motifs is 1. The number of thioether (sulfide) groups is 1. The van der Waals surface area contributed by atoms with Crippen LogP contribution in [0.5, 0.6) is 5.75 Å². The van der Waals surface area contributed by atoms with Gasteiger partial charge in [0.15, 0.2) is 5.16 Å². The number of benzene rings is 2. The summed E-state index contributed by atoms with van der Waals surface area (Å²) < 4.78 is 10.4. The van der Waals surface area contributed by atoms with Crippen LogP contribution in [0.3, 0.4) is 0 Å². The van der Waals surface area contributed by atoms with Gasteiger partial charge in [0.05, 0.1) is 12.8 Å². The van der Waals surface area contributed by atoms with Crippen molar-refractivity contribution in [3.63, 3.8) is 0 Å². The third-order valence-electron chi connectivity index (χ3n) is 4.53. The zero-order valence-corrected chi connectivity index (χ0v) is 17.7. The molecule has 7 nitrogen and oxygen atoms in total. The summed E-state index contributed by atoms with van der Waals surface area (Å²) in [6.07, 6.45) is 0. The Balaban J connectivity index is 1.71. The van der Waals surface area contributed by atoms with Gasteiger partial charge in [-0.15, -0.1) is 0 Å². The largest absolute Gasteiger partial charge is 0.497 e. The fourth-order valence-electron chi connectivity index (χ4n) is 3.04. The lowest BCUT2D eigenvalue weighted by Gasteiger charge is -2.08. The molecule has 31 heavy (non-hydrogen) atoms. The number of halogens is 1. The van der Waals surface area contributed by atoms with Gasteiger partial charge in [-0.2, -0.15) is 5.26 Å². The SMILES string of the molecule is COc1ccc2c(CSc3nc(-c4ccc(Cl)cc4)c(C#N)c(=O)[nH]3)cc(=O)oc2c1. The smallest absolute Gasteiger partial charge is 0.336 e. The summed E-state index contributed by atoms with van der Waals surface area (Å²) in [6.45, 7) is 0. The predicted octanol–water partition coefficient (Wildman–Crippen LogP) is 4.37. The van der Waals surface area contributed by atoms with Crippen molar-refractivity contribution < 1.29 is 9.15 Å². The van der Waals surface area contributed by atoms with E-state index in [0.29, 0.717) is 32.8 Å². The van der Waals surface area contributed by atoms with Crippen LogP contribution in [0.15, 0.2) is 67.7 Å². The van der Waals surface area contributed by atoms with E-state index in [-0.39, 0.29) is 11.3 Å². The Kier molecular flexibility index (Phi) is 5.80. The predicted molar refractivity (Wildman–Crippen MR) is 119 cm³/mol. The molecule has 2 aromatic heterocycles. The van der Waals surface area contributed by atoms with Gasteiger partial charge in [0.1, 0.15) is 23.0 Å². The molecule has 9 heteroatoms. The van der Waals surface area contributed by atoms with E-state index in [1.54, 1.807) is 42.5 Å². The topological polar surface area (TPSA) is 109 Å². The molecule has 2 heterocycles. The molecule has 0 saturated heterocycles. The molecule has 0 aliphatic carbocycles. The summed E-state index contributed by atoms with van der Waals surface area (Å²) in [5.41, 5.74) is 0.903. The zero-order valence-electron chi connectivity index (χ0n) is 16.1. The summed E-state index contributed by atoms with van der Waals surface area (Å²) in [6, 6.07) is 15.3. The van der Waals surface area contributed by atoms with Crippen LogP contribution < -0.4 is 15.9 Å². The molecule has 0 saturated carbocycles. The maximum Gasteiger partial charge on any atom is 0.336 e. The molecule has 4 rings (SSSR count). The lowest BCUT2D eigenvalue weighted by molar-refractivity contribution is 0.414. The van der Waals surface area contributed by atoms with Crippen LogP contribution in [-0.4, -0.2) is 17.1 Å².